The monoisotopic (exact) mass is 431 g/mol. The van der Waals surface area contributed by atoms with Crippen molar-refractivity contribution < 1.29 is 9.53 Å². The van der Waals surface area contributed by atoms with Crippen molar-refractivity contribution in [1.82, 2.24) is 9.88 Å². The summed E-state index contributed by atoms with van der Waals surface area (Å²) in [5, 5.41) is 0.713. The van der Waals surface area contributed by atoms with Crippen LogP contribution in [-0.4, -0.2) is 50.1 Å². The number of fused-ring (bicyclic) bond motifs is 1. The molecule has 1 amide bonds. The van der Waals surface area contributed by atoms with Gasteiger partial charge in [0.15, 0.2) is 5.13 Å². The maximum Gasteiger partial charge on any atom is 0.252 e. The fraction of sp³-hybridized carbons (Fsp3) is 0.273. The van der Waals surface area contributed by atoms with Gasteiger partial charge in [0.05, 0.1) is 17.3 Å². The molecule has 0 fully saturated rings. The maximum absolute atomic E-state index is 13.0. The van der Waals surface area contributed by atoms with Crippen LogP contribution in [0.5, 0.6) is 5.75 Å². The predicted octanol–water partition coefficient (Wildman–Crippen LogP) is 4.72. The molecule has 7 heteroatoms. The number of halogens is 1. The van der Waals surface area contributed by atoms with Crippen molar-refractivity contribution in [3.63, 3.8) is 0 Å². The van der Waals surface area contributed by atoms with E-state index in [1.54, 1.807) is 18.1 Å². The zero-order valence-corrected chi connectivity index (χ0v) is 18.5. The van der Waals surface area contributed by atoms with Gasteiger partial charge < -0.3 is 9.64 Å². The number of rotatable bonds is 8. The largest absolute Gasteiger partial charge is 0.497 e. The molecule has 0 bridgehead atoms. The highest BCUT2D eigenvalue weighted by atomic mass is 35.5. The van der Waals surface area contributed by atoms with E-state index in [9.17, 15) is 4.79 Å². The summed E-state index contributed by atoms with van der Waals surface area (Å²) < 4.78 is 6.32. The van der Waals surface area contributed by atoms with Gasteiger partial charge >= 0.3 is 0 Å². The number of nitrogens with zero attached hydrogens (tertiary/aromatic N) is 3. The Balaban J connectivity index is 0.00000300. The molecule has 0 spiro atoms. The van der Waals surface area contributed by atoms with Crippen LogP contribution in [0.4, 0.5) is 5.13 Å². The average molecular weight is 432 g/mol. The zero-order chi connectivity index (χ0) is 19.9. The number of ether oxygens (including phenoxy) is 1. The minimum atomic E-state index is -0.0615. The van der Waals surface area contributed by atoms with Gasteiger partial charge in [0, 0.05) is 18.7 Å². The van der Waals surface area contributed by atoms with Gasteiger partial charge in [0.1, 0.15) is 5.75 Å². The maximum atomic E-state index is 13.0. The van der Waals surface area contributed by atoms with Crippen molar-refractivity contribution in [2.75, 3.05) is 39.2 Å². The molecule has 0 N–H and O–H groups in total. The van der Waals surface area contributed by atoms with E-state index in [2.05, 4.69) is 4.90 Å². The van der Waals surface area contributed by atoms with Crippen LogP contribution >= 0.6 is 23.7 Å². The highest BCUT2D eigenvalue weighted by Crippen LogP contribution is 2.31. The number of hydrogen-bond acceptors (Lipinski definition) is 5. The van der Waals surface area contributed by atoms with Gasteiger partial charge in [-0.05, 0) is 50.8 Å². The third-order valence-electron chi connectivity index (χ3n) is 4.29. The van der Waals surface area contributed by atoms with Gasteiger partial charge in [0.2, 0.25) is 0 Å². The zero-order valence-electron chi connectivity index (χ0n) is 16.9. The van der Waals surface area contributed by atoms with Gasteiger partial charge in [-0.2, -0.15) is 0 Å². The summed E-state index contributed by atoms with van der Waals surface area (Å²) in [6.45, 7) is 1.53. The number of thiazole rings is 1. The second-order valence-electron chi connectivity index (χ2n) is 6.72. The first kappa shape index (κ1) is 22.9. The second kappa shape index (κ2) is 11.0. The molecule has 2 aromatic carbocycles. The molecule has 0 aliphatic heterocycles. The number of methoxy groups -OCH3 is 1. The summed E-state index contributed by atoms with van der Waals surface area (Å²) in [5.74, 6) is 0.701. The van der Waals surface area contributed by atoms with Crippen molar-refractivity contribution in [3.8, 4) is 5.75 Å². The quantitative estimate of drug-likeness (QED) is 0.484. The smallest absolute Gasteiger partial charge is 0.252 e. The highest BCUT2D eigenvalue weighted by Gasteiger charge is 2.18. The van der Waals surface area contributed by atoms with Gasteiger partial charge in [-0.15, -0.1) is 12.4 Å². The van der Waals surface area contributed by atoms with E-state index >= 15 is 0 Å². The number of carbonyl (C=O) groups excluding carboxylic acids is 1. The van der Waals surface area contributed by atoms with Crippen LogP contribution in [0.2, 0.25) is 0 Å². The molecule has 0 saturated carbocycles. The topological polar surface area (TPSA) is 45.7 Å². The molecule has 3 aromatic rings. The standard InChI is InChI=1S/C22H25N3O2S.ClH/c1-24(2)14-7-15-25(21(26)13-10-17-8-5-4-6-9-17)22-23-19-16-18(27-3)11-12-20(19)28-22;/h4-6,8-13,16H,7,14-15H2,1-3H3;1H. The van der Waals surface area contributed by atoms with E-state index in [1.807, 2.05) is 68.7 Å². The van der Waals surface area contributed by atoms with Crippen LogP contribution in [-0.2, 0) is 4.79 Å². The number of aromatic nitrogens is 1. The van der Waals surface area contributed by atoms with Crippen LogP contribution in [0.1, 0.15) is 12.0 Å². The minimum absolute atomic E-state index is 0. The Morgan fingerprint density at radius 1 is 1.14 bits per heavy atom. The van der Waals surface area contributed by atoms with Crippen LogP contribution < -0.4 is 9.64 Å². The number of amides is 1. The molecule has 0 atom stereocenters. The van der Waals surface area contributed by atoms with E-state index in [0.29, 0.717) is 11.7 Å². The Morgan fingerprint density at radius 3 is 2.59 bits per heavy atom. The molecule has 3 rings (SSSR count). The Labute approximate surface area is 182 Å². The van der Waals surface area contributed by atoms with Gasteiger partial charge in [-0.1, -0.05) is 41.7 Å². The van der Waals surface area contributed by atoms with Gasteiger partial charge in [-0.3, -0.25) is 9.69 Å². The summed E-state index contributed by atoms with van der Waals surface area (Å²) in [6.07, 6.45) is 4.34. The predicted molar refractivity (Wildman–Crippen MR) is 124 cm³/mol. The lowest BCUT2D eigenvalue weighted by Gasteiger charge is -2.19. The lowest BCUT2D eigenvalue weighted by Crippen LogP contribution is -2.32. The van der Waals surface area contributed by atoms with E-state index < -0.39 is 0 Å². The SMILES string of the molecule is COc1ccc2sc(N(CCCN(C)C)C(=O)C=Cc3ccccc3)nc2c1.Cl. The van der Waals surface area contributed by atoms with E-state index in [-0.39, 0.29) is 18.3 Å². The number of anilines is 1. The van der Waals surface area contributed by atoms with Crippen LogP contribution in [0.3, 0.4) is 0 Å². The lowest BCUT2D eigenvalue weighted by atomic mass is 10.2. The van der Waals surface area contributed by atoms with Crippen molar-refractivity contribution in [2.45, 2.75) is 6.42 Å². The summed E-state index contributed by atoms with van der Waals surface area (Å²) in [5.41, 5.74) is 1.84. The molecule has 0 aliphatic rings. The molecule has 0 saturated heterocycles. The van der Waals surface area contributed by atoms with Crippen molar-refractivity contribution in [3.05, 3.63) is 60.2 Å². The first-order valence-corrected chi connectivity index (χ1v) is 10.0. The third-order valence-corrected chi connectivity index (χ3v) is 5.34. The summed E-state index contributed by atoms with van der Waals surface area (Å²) in [7, 11) is 5.71. The van der Waals surface area contributed by atoms with Crippen molar-refractivity contribution in [1.29, 1.82) is 0 Å². The molecule has 154 valence electrons. The molecule has 1 heterocycles. The third kappa shape index (κ3) is 6.29. The van der Waals surface area contributed by atoms with Crippen LogP contribution in [0, 0.1) is 0 Å². The van der Waals surface area contributed by atoms with E-state index in [1.165, 1.54) is 11.3 Å². The Hall–Kier alpha value is -2.41. The molecule has 29 heavy (non-hydrogen) atoms. The fourth-order valence-corrected chi connectivity index (χ4v) is 3.78. The fourth-order valence-electron chi connectivity index (χ4n) is 2.80. The van der Waals surface area contributed by atoms with E-state index in [0.717, 1.165) is 34.5 Å². The van der Waals surface area contributed by atoms with E-state index in [4.69, 9.17) is 9.72 Å². The molecule has 0 radical (unpaired) electrons. The highest BCUT2D eigenvalue weighted by molar-refractivity contribution is 7.22. The first-order valence-electron chi connectivity index (χ1n) is 9.21. The molecule has 0 aliphatic carbocycles. The van der Waals surface area contributed by atoms with Crippen molar-refractivity contribution in [2.24, 2.45) is 0 Å². The molecule has 0 unspecified atom stereocenters. The van der Waals surface area contributed by atoms with Gasteiger partial charge in [-0.25, -0.2) is 4.98 Å². The Bertz CT molecular complexity index is 957. The summed E-state index contributed by atoms with van der Waals surface area (Å²) in [4.78, 5) is 21.5. The van der Waals surface area contributed by atoms with Crippen LogP contribution in [0.15, 0.2) is 54.6 Å². The van der Waals surface area contributed by atoms with Crippen LogP contribution in [0.25, 0.3) is 16.3 Å². The number of benzene rings is 2. The molecule has 5 nitrogen and oxygen atoms in total. The first-order chi connectivity index (χ1) is 13.6. The Kier molecular flexibility index (Phi) is 8.64. The minimum Gasteiger partial charge on any atom is -0.497 e. The number of hydrogen-bond donors (Lipinski definition) is 0. The summed E-state index contributed by atoms with van der Waals surface area (Å²) >= 11 is 1.52. The normalized spacial score (nSPS) is 11.0. The average Bonchev–Trinajstić information content (AvgIpc) is 3.12. The van der Waals surface area contributed by atoms with Crippen molar-refractivity contribution >= 4 is 51.1 Å². The Morgan fingerprint density at radius 2 is 1.90 bits per heavy atom. The summed E-state index contributed by atoms with van der Waals surface area (Å²) in [6, 6.07) is 15.6. The second-order valence-corrected chi connectivity index (χ2v) is 7.73. The van der Waals surface area contributed by atoms with Gasteiger partial charge in [0.25, 0.3) is 5.91 Å². The molecular formula is C22H26ClN3O2S. The molecule has 1 aromatic heterocycles. The number of carbonyl (C=O) groups is 1. The lowest BCUT2D eigenvalue weighted by molar-refractivity contribution is -0.114. The molecular weight excluding hydrogens is 406 g/mol.